The van der Waals surface area contributed by atoms with Crippen molar-refractivity contribution in [2.45, 2.75) is 19.8 Å². The third kappa shape index (κ3) is 2.47. The summed E-state index contributed by atoms with van der Waals surface area (Å²) in [6.07, 6.45) is -2.17. The first-order chi connectivity index (χ1) is 9.04. The fourth-order valence-electron chi connectivity index (χ4n) is 1.77. The smallest absolute Gasteiger partial charge is 0.341 e. The maximum atomic E-state index is 12.4. The van der Waals surface area contributed by atoms with Crippen LogP contribution in [-0.2, 0) is 6.42 Å². The number of benzene rings is 1. The first-order valence-corrected chi connectivity index (χ1v) is 5.65. The molecule has 1 aromatic heterocycles. The zero-order valence-corrected chi connectivity index (χ0v) is 10.1. The topological polar surface area (TPSA) is 63.3 Å². The van der Waals surface area contributed by atoms with E-state index in [1.165, 1.54) is 24.3 Å². The van der Waals surface area contributed by atoms with Gasteiger partial charge in [0.1, 0.15) is 11.3 Å². The molecule has 100 valence electrons. The van der Waals surface area contributed by atoms with Gasteiger partial charge in [0, 0.05) is 17.5 Å². The van der Waals surface area contributed by atoms with E-state index in [9.17, 15) is 13.6 Å². The number of hydrogen-bond acceptors (Lipinski definition) is 3. The Hall–Kier alpha value is -2.24. The van der Waals surface area contributed by atoms with Crippen LogP contribution < -0.4 is 0 Å². The number of aryl methyl sites for hydroxylation is 1. The Balaban J connectivity index is 2.47. The van der Waals surface area contributed by atoms with Crippen LogP contribution in [0.25, 0.3) is 11.3 Å². The van der Waals surface area contributed by atoms with Crippen molar-refractivity contribution in [2.75, 3.05) is 0 Å². The number of hydrogen-bond donors (Lipinski definition) is 1. The molecule has 19 heavy (non-hydrogen) atoms. The van der Waals surface area contributed by atoms with Gasteiger partial charge in [-0.3, -0.25) is 0 Å². The van der Waals surface area contributed by atoms with E-state index in [1.54, 1.807) is 6.92 Å². The number of alkyl halides is 2. The first-order valence-electron chi connectivity index (χ1n) is 5.65. The van der Waals surface area contributed by atoms with Crippen LogP contribution in [0.15, 0.2) is 28.8 Å². The number of carboxylic acid groups (broad SMARTS) is 1. The van der Waals surface area contributed by atoms with Crippen LogP contribution in [0, 0.1) is 0 Å². The lowest BCUT2D eigenvalue weighted by Crippen LogP contribution is -2.00. The number of aromatic nitrogens is 1. The van der Waals surface area contributed by atoms with Crippen molar-refractivity contribution in [3.8, 4) is 11.3 Å². The van der Waals surface area contributed by atoms with Gasteiger partial charge in [0.05, 0.1) is 0 Å². The highest BCUT2D eigenvalue weighted by Crippen LogP contribution is 2.28. The van der Waals surface area contributed by atoms with Gasteiger partial charge >= 0.3 is 5.97 Å². The minimum Gasteiger partial charge on any atom is -0.477 e. The molecule has 0 aliphatic carbocycles. The van der Waals surface area contributed by atoms with E-state index in [-0.39, 0.29) is 22.6 Å². The van der Waals surface area contributed by atoms with Crippen LogP contribution in [0.2, 0.25) is 0 Å². The molecule has 0 saturated carbocycles. The summed E-state index contributed by atoms with van der Waals surface area (Å²) < 4.78 is 29.8. The van der Waals surface area contributed by atoms with Crippen molar-refractivity contribution in [3.05, 3.63) is 41.2 Å². The van der Waals surface area contributed by atoms with Gasteiger partial charge in [-0.15, -0.1) is 0 Å². The largest absolute Gasteiger partial charge is 0.477 e. The second kappa shape index (κ2) is 5.17. The quantitative estimate of drug-likeness (QED) is 0.920. The lowest BCUT2D eigenvalue weighted by atomic mass is 10.0. The fraction of sp³-hybridized carbons (Fsp3) is 0.231. The molecule has 1 N–H and O–H groups in total. The van der Waals surface area contributed by atoms with Gasteiger partial charge < -0.3 is 9.63 Å². The van der Waals surface area contributed by atoms with Crippen molar-refractivity contribution >= 4 is 5.97 Å². The monoisotopic (exact) mass is 267 g/mol. The Labute approximate surface area is 107 Å². The van der Waals surface area contributed by atoms with Crippen LogP contribution in [0.3, 0.4) is 0 Å². The van der Waals surface area contributed by atoms with Gasteiger partial charge in [-0.1, -0.05) is 36.3 Å². The Morgan fingerprint density at radius 3 is 2.47 bits per heavy atom. The average Bonchev–Trinajstić information content (AvgIpc) is 2.82. The summed E-state index contributed by atoms with van der Waals surface area (Å²) in [7, 11) is 0. The molecule has 0 aliphatic heterocycles. The standard InChI is InChI=1S/C13H11F2NO3/c1-2-9-10(13(17)18)11(16-19-9)7-3-5-8(6-4-7)12(14)15/h3-6,12H,2H2,1H3,(H,17,18). The van der Waals surface area contributed by atoms with Gasteiger partial charge in [0.2, 0.25) is 0 Å². The van der Waals surface area contributed by atoms with Gasteiger partial charge in [-0.25, -0.2) is 13.6 Å². The molecule has 0 spiro atoms. The molecule has 1 aromatic carbocycles. The summed E-state index contributed by atoms with van der Waals surface area (Å²) in [5, 5.41) is 12.9. The van der Waals surface area contributed by atoms with Gasteiger partial charge in [-0.2, -0.15) is 0 Å². The van der Waals surface area contributed by atoms with Crippen LogP contribution in [-0.4, -0.2) is 16.2 Å². The Kier molecular flexibility index (Phi) is 3.59. The van der Waals surface area contributed by atoms with E-state index < -0.39 is 12.4 Å². The number of halogens is 2. The summed E-state index contributed by atoms with van der Waals surface area (Å²) >= 11 is 0. The molecule has 0 radical (unpaired) electrons. The van der Waals surface area contributed by atoms with Gasteiger partial charge in [-0.05, 0) is 0 Å². The predicted octanol–water partition coefficient (Wildman–Crippen LogP) is 3.54. The number of nitrogens with zero attached hydrogens (tertiary/aromatic N) is 1. The summed E-state index contributed by atoms with van der Waals surface area (Å²) in [6, 6.07) is 5.30. The Bertz CT molecular complexity index is 590. The minimum absolute atomic E-state index is 0.0210. The molecular formula is C13H11F2NO3. The Morgan fingerprint density at radius 1 is 1.37 bits per heavy atom. The molecule has 0 amide bonds. The van der Waals surface area contributed by atoms with Crippen molar-refractivity contribution in [3.63, 3.8) is 0 Å². The van der Waals surface area contributed by atoms with Crippen molar-refractivity contribution in [1.29, 1.82) is 0 Å². The van der Waals surface area contributed by atoms with Crippen molar-refractivity contribution in [1.82, 2.24) is 5.16 Å². The molecule has 4 nitrogen and oxygen atoms in total. The summed E-state index contributed by atoms with van der Waals surface area (Å²) in [5.41, 5.74) is 0.447. The highest BCUT2D eigenvalue weighted by atomic mass is 19.3. The third-order valence-electron chi connectivity index (χ3n) is 2.73. The summed E-state index contributed by atoms with van der Waals surface area (Å²) in [5.74, 6) is -0.883. The number of carboxylic acids is 1. The van der Waals surface area contributed by atoms with Crippen LogP contribution in [0.5, 0.6) is 0 Å². The number of aromatic carboxylic acids is 1. The maximum Gasteiger partial charge on any atom is 0.341 e. The van der Waals surface area contributed by atoms with Crippen molar-refractivity contribution < 1.29 is 23.2 Å². The second-order valence-electron chi connectivity index (χ2n) is 3.91. The molecule has 2 aromatic rings. The third-order valence-corrected chi connectivity index (χ3v) is 2.73. The number of carbonyl (C=O) groups is 1. The minimum atomic E-state index is -2.56. The SMILES string of the molecule is CCc1onc(-c2ccc(C(F)F)cc2)c1C(=O)O. The molecular weight excluding hydrogens is 256 g/mol. The lowest BCUT2D eigenvalue weighted by Gasteiger charge is -2.02. The molecule has 6 heteroatoms. The molecule has 0 atom stereocenters. The van der Waals surface area contributed by atoms with Crippen LogP contribution in [0.1, 0.15) is 35.0 Å². The molecule has 0 saturated heterocycles. The van der Waals surface area contributed by atoms with Crippen molar-refractivity contribution in [2.24, 2.45) is 0 Å². The highest BCUT2D eigenvalue weighted by Gasteiger charge is 2.22. The highest BCUT2D eigenvalue weighted by molar-refractivity contribution is 5.95. The molecule has 0 aliphatic rings. The van der Waals surface area contributed by atoms with Gasteiger partial charge in [0.25, 0.3) is 6.43 Å². The predicted molar refractivity (Wildman–Crippen MR) is 63.2 cm³/mol. The normalized spacial score (nSPS) is 10.9. The van der Waals surface area contributed by atoms with E-state index in [2.05, 4.69) is 5.16 Å². The second-order valence-corrected chi connectivity index (χ2v) is 3.91. The van der Waals surface area contributed by atoms with E-state index in [0.717, 1.165) is 0 Å². The van der Waals surface area contributed by atoms with Gasteiger partial charge in [0.15, 0.2) is 5.76 Å². The zero-order valence-electron chi connectivity index (χ0n) is 10.1. The molecule has 0 unspecified atom stereocenters. The first kappa shape index (κ1) is 13.2. The molecule has 0 bridgehead atoms. The van der Waals surface area contributed by atoms with E-state index in [0.29, 0.717) is 12.0 Å². The average molecular weight is 267 g/mol. The maximum absolute atomic E-state index is 12.4. The molecule has 0 fully saturated rings. The molecule has 1 heterocycles. The van der Waals surface area contributed by atoms with E-state index >= 15 is 0 Å². The van der Waals surface area contributed by atoms with E-state index in [1.807, 2.05) is 0 Å². The summed E-state index contributed by atoms with van der Waals surface area (Å²) in [6.45, 7) is 1.75. The van der Waals surface area contributed by atoms with E-state index in [4.69, 9.17) is 9.63 Å². The summed E-state index contributed by atoms with van der Waals surface area (Å²) in [4.78, 5) is 11.2. The molecule has 2 rings (SSSR count). The lowest BCUT2D eigenvalue weighted by molar-refractivity contribution is 0.0695. The zero-order chi connectivity index (χ0) is 14.0. The van der Waals surface area contributed by atoms with Crippen LogP contribution >= 0.6 is 0 Å². The Morgan fingerprint density at radius 2 is 2.00 bits per heavy atom. The van der Waals surface area contributed by atoms with Crippen LogP contribution in [0.4, 0.5) is 8.78 Å². The fourth-order valence-corrected chi connectivity index (χ4v) is 1.77. The number of rotatable bonds is 4.